The summed E-state index contributed by atoms with van der Waals surface area (Å²) in [6.45, 7) is 2.15. The van der Waals surface area contributed by atoms with Crippen LogP contribution in [0.25, 0.3) is 0 Å². The number of esters is 1. The number of aliphatic imine (C=N–C) groups is 1. The maximum atomic E-state index is 11.0. The van der Waals surface area contributed by atoms with Crippen LogP contribution in [-0.4, -0.2) is 32.1 Å². The van der Waals surface area contributed by atoms with E-state index in [1.807, 2.05) is 6.07 Å². The molecule has 0 spiro atoms. The van der Waals surface area contributed by atoms with Gasteiger partial charge in [0.2, 0.25) is 0 Å². The molecule has 0 fully saturated rings. The van der Waals surface area contributed by atoms with Crippen LogP contribution in [-0.2, 0) is 14.3 Å². The number of carbonyl (C=O) groups is 1. The molecule has 0 amide bonds. The molecule has 0 aromatic carbocycles. The normalized spacial score (nSPS) is 12.1. The first-order valence-electron chi connectivity index (χ1n) is 4.84. The van der Waals surface area contributed by atoms with Crippen LogP contribution >= 0.6 is 0 Å². The van der Waals surface area contributed by atoms with Crippen LogP contribution < -0.4 is 0 Å². The van der Waals surface area contributed by atoms with Crippen molar-refractivity contribution in [2.45, 2.75) is 32.2 Å². The topological polar surface area (TPSA) is 71.7 Å². The third kappa shape index (κ3) is 7.50. The van der Waals surface area contributed by atoms with E-state index in [4.69, 9.17) is 10.00 Å². The van der Waals surface area contributed by atoms with E-state index in [9.17, 15) is 4.79 Å². The Morgan fingerprint density at radius 3 is 2.93 bits per heavy atom. The quantitative estimate of drug-likeness (QED) is 0.362. The number of nitrogens with zero attached hydrogens (tertiary/aromatic N) is 2. The van der Waals surface area contributed by atoms with Crippen molar-refractivity contribution >= 4 is 12.4 Å². The Morgan fingerprint density at radius 2 is 2.40 bits per heavy atom. The van der Waals surface area contributed by atoms with Crippen LogP contribution in [0.4, 0.5) is 0 Å². The summed E-state index contributed by atoms with van der Waals surface area (Å²) in [6.07, 6.45) is 2.69. The fraction of sp³-hybridized carbons (Fsp3) is 0.700. The van der Waals surface area contributed by atoms with E-state index in [1.165, 1.54) is 13.5 Å². The molecule has 0 aliphatic carbocycles. The van der Waals surface area contributed by atoms with Crippen molar-refractivity contribution in [1.29, 1.82) is 5.26 Å². The second-order valence-corrected chi connectivity index (χ2v) is 2.83. The highest BCUT2D eigenvalue weighted by Crippen LogP contribution is 2.04. The predicted octanol–water partition coefficient (Wildman–Crippen LogP) is 1.29. The molecule has 1 atom stereocenters. The maximum Gasteiger partial charge on any atom is 0.305 e. The van der Waals surface area contributed by atoms with Crippen molar-refractivity contribution in [3.63, 3.8) is 0 Å². The first-order valence-corrected chi connectivity index (χ1v) is 4.84. The Morgan fingerprint density at radius 1 is 1.67 bits per heavy atom. The summed E-state index contributed by atoms with van der Waals surface area (Å²) in [5.41, 5.74) is 0. The molecule has 5 nitrogen and oxygen atoms in total. The lowest BCUT2D eigenvalue weighted by Crippen LogP contribution is -2.07. The monoisotopic (exact) mass is 212 g/mol. The van der Waals surface area contributed by atoms with Crippen molar-refractivity contribution in [3.8, 4) is 6.07 Å². The summed E-state index contributed by atoms with van der Waals surface area (Å²) in [4.78, 5) is 14.8. The maximum absolute atomic E-state index is 11.0. The second kappa shape index (κ2) is 9.00. The van der Waals surface area contributed by atoms with E-state index in [0.29, 0.717) is 25.9 Å². The van der Waals surface area contributed by atoms with Crippen molar-refractivity contribution in [3.05, 3.63) is 0 Å². The molecule has 0 heterocycles. The van der Waals surface area contributed by atoms with Crippen molar-refractivity contribution in [2.75, 3.05) is 13.7 Å². The Labute approximate surface area is 89.7 Å². The van der Waals surface area contributed by atoms with Crippen molar-refractivity contribution in [2.24, 2.45) is 4.99 Å². The van der Waals surface area contributed by atoms with E-state index in [-0.39, 0.29) is 5.97 Å². The third-order valence-electron chi connectivity index (χ3n) is 1.66. The van der Waals surface area contributed by atoms with Gasteiger partial charge in [-0.25, -0.2) is 4.99 Å². The molecular formula is C10H16N2O3. The summed E-state index contributed by atoms with van der Waals surface area (Å²) >= 11 is 0. The molecule has 0 N–H and O–H groups in total. The van der Waals surface area contributed by atoms with Crippen LogP contribution in [0.3, 0.4) is 0 Å². The largest absolute Gasteiger partial charge is 0.487 e. The van der Waals surface area contributed by atoms with Gasteiger partial charge in [-0.1, -0.05) is 0 Å². The van der Waals surface area contributed by atoms with E-state index in [1.54, 1.807) is 6.92 Å². The van der Waals surface area contributed by atoms with Gasteiger partial charge in [0.05, 0.1) is 19.8 Å². The molecule has 0 rings (SSSR count). The number of nitriles is 1. The van der Waals surface area contributed by atoms with E-state index in [2.05, 4.69) is 9.73 Å². The lowest BCUT2D eigenvalue weighted by Gasteiger charge is -2.03. The summed E-state index contributed by atoms with van der Waals surface area (Å²) in [5, 5.41) is 8.69. The van der Waals surface area contributed by atoms with Gasteiger partial charge >= 0.3 is 5.97 Å². The summed E-state index contributed by atoms with van der Waals surface area (Å²) < 4.78 is 9.36. The Hall–Kier alpha value is -1.57. The van der Waals surface area contributed by atoms with Gasteiger partial charge in [-0.05, 0) is 19.8 Å². The lowest BCUT2D eigenvalue weighted by atomic mass is 10.1. The molecule has 0 aliphatic rings. The molecule has 0 aliphatic heterocycles. The molecule has 0 saturated carbocycles. The molecule has 1 unspecified atom stereocenters. The highest BCUT2D eigenvalue weighted by molar-refractivity contribution is 5.69. The summed E-state index contributed by atoms with van der Waals surface area (Å²) in [7, 11) is 1.47. The standard InChI is InChI=1S/C10H16N2O3/c1-3-15-10(13)6-4-5-9(7-11)12-8-14-2/h8-9H,3-6H2,1-2H3. The number of hydrogen-bond acceptors (Lipinski definition) is 5. The molecule has 84 valence electrons. The highest BCUT2D eigenvalue weighted by Gasteiger charge is 2.07. The van der Waals surface area contributed by atoms with E-state index < -0.39 is 6.04 Å². The molecular weight excluding hydrogens is 196 g/mol. The van der Waals surface area contributed by atoms with Gasteiger partial charge in [0, 0.05) is 6.42 Å². The number of methoxy groups -OCH3 is 1. The van der Waals surface area contributed by atoms with Gasteiger partial charge < -0.3 is 9.47 Å². The van der Waals surface area contributed by atoms with Crippen molar-refractivity contribution in [1.82, 2.24) is 0 Å². The molecule has 0 aromatic rings. The van der Waals surface area contributed by atoms with Crippen LogP contribution in [0, 0.1) is 11.3 Å². The summed E-state index contributed by atoms with van der Waals surface area (Å²) in [5.74, 6) is -0.232. The molecule has 0 radical (unpaired) electrons. The first-order chi connectivity index (χ1) is 7.24. The van der Waals surface area contributed by atoms with Crippen LogP contribution in [0.15, 0.2) is 4.99 Å². The summed E-state index contributed by atoms with van der Waals surface area (Å²) in [6, 6.07) is 1.57. The molecule has 0 bridgehead atoms. The first kappa shape index (κ1) is 13.4. The van der Waals surface area contributed by atoms with Crippen LogP contribution in [0.5, 0.6) is 0 Å². The zero-order chi connectivity index (χ0) is 11.5. The van der Waals surface area contributed by atoms with Gasteiger partial charge in [-0.2, -0.15) is 5.26 Å². The third-order valence-corrected chi connectivity index (χ3v) is 1.66. The predicted molar refractivity (Wildman–Crippen MR) is 55.4 cm³/mol. The number of ether oxygens (including phenoxy) is 2. The van der Waals surface area contributed by atoms with Gasteiger partial charge in [0.25, 0.3) is 0 Å². The molecule has 15 heavy (non-hydrogen) atoms. The van der Waals surface area contributed by atoms with E-state index in [0.717, 1.165) is 0 Å². The Bertz CT molecular complexity index is 246. The molecule has 0 saturated heterocycles. The van der Waals surface area contributed by atoms with Gasteiger partial charge in [-0.15, -0.1) is 0 Å². The number of carbonyl (C=O) groups excluding carboxylic acids is 1. The lowest BCUT2D eigenvalue weighted by molar-refractivity contribution is -0.143. The second-order valence-electron chi connectivity index (χ2n) is 2.83. The Kier molecular flexibility index (Phi) is 8.06. The SMILES string of the molecule is CCOC(=O)CCCC(C#N)N=COC. The fourth-order valence-corrected chi connectivity index (χ4v) is 0.980. The number of rotatable bonds is 7. The van der Waals surface area contributed by atoms with Crippen LogP contribution in [0.2, 0.25) is 0 Å². The van der Waals surface area contributed by atoms with Gasteiger partial charge in [0.1, 0.15) is 6.04 Å². The number of hydrogen-bond donors (Lipinski definition) is 0. The Balaban J connectivity index is 3.69. The van der Waals surface area contributed by atoms with Crippen LogP contribution in [0.1, 0.15) is 26.2 Å². The zero-order valence-corrected chi connectivity index (χ0v) is 9.10. The highest BCUT2D eigenvalue weighted by atomic mass is 16.5. The fourth-order valence-electron chi connectivity index (χ4n) is 0.980. The average molecular weight is 212 g/mol. The van der Waals surface area contributed by atoms with E-state index >= 15 is 0 Å². The van der Waals surface area contributed by atoms with Gasteiger partial charge in [0.15, 0.2) is 6.40 Å². The van der Waals surface area contributed by atoms with Gasteiger partial charge in [-0.3, -0.25) is 4.79 Å². The smallest absolute Gasteiger partial charge is 0.305 e. The molecule has 5 heteroatoms. The minimum absolute atomic E-state index is 0.232. The minimum atomic E-state index is -0.445. The molecule has 0 aromatic heterocycles. The van der Waals surface area contributed by atoms with Crippen molar-refractivity contribution < 1.29 is 14.3 Å². The minimum Gasteiger partial charge on any atom is -0.487 e. The average Bonchev–Trinajstić information content (AvgIpc) is 2.23. The zero-order valence-electron chi connectivity index (χ0n) is 9.10.